The minimum Gasteiger partial charge on any atom is -0.378 e. The first-order chi connectivity index (χ1) is 7.33. The van der Waals surface area contributed by atoms with Crippen LogP contribution in [0.2, 0.25) is 0 Å². The van der Waals surface area contributed by atoms with Crippen LogP contribution < -0.4 is 10.5 Å². The molecule has 80 valence electrons. The average molecular weight is 209 g/mol. The molecule has 0 spiro atoms. The van der Waals surface area contributed by atoms with E-state index in [-0.39, 0.29) is 5.56 Å². The zero-order valence-corrected chi connectivity index (χ0v) is 8.10. The summed E-state index contributed by atoms with van der Waals surface area (Å²) in [6.07, 6.45) is 1.84. The SMILES string of the molecule is O=Cc1c(N2CCOCC2)nc[nH]c1=O. The molecule has 0 bridgehead atoms. The molecule has 6 heteroatoms. The summed E-state index contributed by atoms with van der Waals surface area (Å²) in [5.74, 6) is 0.442. The Morgan fingerprint density at radius 2 is 2.20 bits per heavy atom. The highest BCUT2D eigenvalue weighted by atomic mass is 16.5. The topological polar surface area (TPSA) is 75.3 Å². The Morgan fingerprint density at radius 3 is 2.87 bits per heavy atom. The van der Waals surface area contributed by atoms with Crippen LogP contribution in [0.3, 0.4) is 0 Å². The lowest BCUT2D eigenvalue weighted by atomic mass is 10.3. The molecule has 1 saturated heterocycles. The van der Waals surface area contributed by atoms with Crippen molar-refractivity contribution >= 4 is 12.1 Å². The number of anilines is 1. The third-order valence-electron chi connectivity index (χ3n) is 2.30. The van der Waals surface area contributed by atoms with E-state index >= 15 is 0 Å². The molecular weight excluding hydrogens is 198 g/mol. The van der Waals surface area contributed by atoms with Gasteiger partial charge in [0.1, 0.15) is 11.4 Å². The van der Waals surface area contributed by atoms with E-state index in [9.17, 15) is 9.59 Å². The predicted molar refractivity (Wildman–Crippen MR) is 53.3 cm³/mol. The summed E-state index contributed by atoms with van der Waals surface area (Å²) in [6.45, 7) is 2.48. The number of nitrogens with zero attached hydrogens (tertiary/aromatic N) is 2. The molecule has 1 aromatic rings. The molecule has 1 fully saturated rings. The number of morpholine rings is 1. The Labute approximate surface area is 85.9 Å². The number of carbonyl (C=O) groups excluding carboxylic acids is 1. The minimum atomic E-state index is -0.401. The van der Waals surface area contributed by atoms with Gasteiger partial charge in [0.15, 0.2) is 6.29 Å². The van der Waals surface area contributed by atoms with E-state index in [0.717, 1.165) is 0 Å². The van der Waals surface area contributed by atoms with E-state index in [1.165, 1.54) is 6.33 Å². The van der Waals surface area contributed by atoms with E-state index in [2.05, 4.69) is 9.97 Å². The fraction of sp³-hybridized carbons (Fsp3) is 0.444. The molecule has 2 heterocycles. The Morgan fingerprint density at radius 1 is 1.47 bits per heavy atom. The quantitative estimate of drug-likeness (QED) is 0.659. The molecule has 1 aromatic heterocycles. The van der Waals surface area contributed by atoms with Gasteiger partial charge in [-0.3, -0.25) is 9.59 Å². The summed E-state index contributed by atoms with van der Waals surface area (Å²) in [7, 11) is 0. The standard InChI is InChI=1S/C9H11N3O3/c13-5-7-8(10-6-11-9(7)14)12-1-3-15-4-2-12/h5-6H,1-4H2,(H,10,11,14). The van der Waals surface area contributed by atoms with Crippen LogP contribution in [0.1, 0.15) is 10.4 Å². The minimum absolute atomic E-state index is 0.0828. The number of H-pyrrole nitrogens is 1. The summed E-state index contributed by atoms with van der Waals surface area (Å²) >= 11 is 0. The van der Waals surface area contributed by atoms with Crippen LogP contribution >= 0.6 is 0 Å². The zero-order valence-electron chi connectivity index (χ0n) is 8.10. The fourth-order valence-corrected chi connectivity index (χ4v) is 1.53. The van der Waals surface area contributed by atoms with E-state index < -0.39 is 5.56 Å². The van der Waals surface area contributed by atoms with Gasteiger partial charge in [0.2, 0.25) is 0 Å². The van der Waals surface area contributed by atoms with Crippen molar-refractivity contribution in [2.45, 2.75) is 0 Å². The van der Waals surface area contributed by atoms with Gasteiger partial charge in [-0.25, -0.2) is 4.98 Å². The lowest BCUT2D eigenvalue weighted by Crippen LogP contribution is -2.38. The van der Waals surface area contributed by atoms with Gasteiger partial charge in [-0.1, -0.05) is 0 Å². The van der Waals surface area contributed by atoms with Crippen molar-refractivity contribution in [1.82, 2.24) is 9.97 Å². The van der Waals surface area contributed by atoms with Crippen LogP contribution in [-0.4, -0.2) is 42.6 Å². The van der Waals surface area contributed by atoms with E-state index in [0.29, 0.717) is 38.4 Å². The largest absolute Gasteiger partial charge is 0.378 e. The zero-order chi connectivity index (χ0) is 10.7. The molecule has 0 atom stereocenters. The van der Waals surface area contributed by atoms with Crippen molar-refractivity contribution in [2.24, 2.45) is 0 Å². The van der Waals surface area contributed by atoms with E-state index in [1.54, 1.807) is 0 Å². The van der Waals surface area contributed by atoms with Gasteiger partial charge in [0.05, 0.1) is 19.5 Å². The van der Waals surface area contributed by atoms with Crippen molar-refractivity contribution in [3.05, 3.63) is 22.2 Å². The van der Waals surface area contributed by atoms with Crippen LogP contribution in [0, 0.1) is 0 Å². The van der Waals surface area contributed by atoms with Gasteiger partial charge < -0.3 is 14.6 Å². The second-order valence-electron chi connectivity index (χ2n) is 3.19. The lowest BCUT2D eigenvalue weighted by Gasteiger charge is -2.28. The number of aldehydes is 1. The van der Waals surface area contributed by atoms with Gasteiger partial charge in [-0.15, -0.1) is 0 Å². The van der Waals surface area contributed by atoms with Crippen LogP contribution in [0.15, 0.2) is 11.1 Å². The molecule has 0 amide bonds. The van der Waals surface area contributed by atoms with Crippen molar-refractivity contribution in [3.63, 3.8) is 0 Å². The molecule has 2 rings (SSSR count). The molecular formula is C9H11N3O3. The third-order valence-corrected chi connectivity index (χ3v) is 2.30. The second kappa shape index (κ2) is 4.22. The fourth-order valence-electron chi connectivity index (χ4n) is 1.53. The Bertz CT molecular complexity index is 409. The van der Waals surface area contributed by atoms with Gasteiger partial charge in [-0.2, -0.15) is 0 Å². The maximum atomic E-state index is 11.3. The normalized spacial score (nSPS) is 16.4. The van der Waals surface area contributed by atoms with Gasteiger partial charge in [0, 0.05) is 13.1 Å². The highest BCUT2D eigenvalue weighted by Gasteiger charge is 2.17. The van der Waals surface area contributed by atoms with Crippen molar-refractivity contribution in [2.75, 3.05) is 31.2 Å². The maximum Gasteiger partial charge on any atom is 0.263 e. The van der Waals surface area contributed by atoms with Crippen molar-refractivity contribution < 1.29 is 9.53 Å². The Hall–Kier alpha value is -1.69. The predicted octanol–water partition coefficient (Wildman–Crippen LogP) is -0.581. The number of ether oxygens (including phenoxy) is 1. The number of hydrogen-bond acceptors (Lipinski definition) is 5. The number of carbonyl (C=O) groups is 1. The first-order valence-corrected chi connectivity index (χ1v) is 4.68. The van der Waals surface area contributed by atoms with Crippen molar-refractivity contribution in [1.29, 1.82) is 0 Å². The molecule has 0 unspecified atom stereocenters. The number of aromatic amines is 1. The number of rotatable bonds is 2. The molecule has 1 aliphatic rings. The van der Waals surface area contributed by atoms with Crippen LogP contribution in [0.5, 0.6) is 0 Å². The molecule has 0 radical (unpaired) electrons. The summed E-state index contributed by atoms with van der Waals surface area (Å²) in [5, 5.41) is 0. The molecule has 6 nitrogen and oxygen atoms in total. The lowest BCUT2D eigenvalue weighted by molar-refractivity contribution is 0.111. The van der Waals surface area contributed by atoms with Gasteiger partial charge in [-0.05, 0) is 0 Å². The molecule has 15 heavy (non-hydrogen) atoms. The van der Waals surface area contributed by atoms with Crippen LogP contribution in [-0.2, 0) is 4.74 Å². The molecule has 0 aliphatic carbocycles. The smallest absolute Gasteiger partial charge is 0.263 e. The van der Waals surface area contributed by atoms with Gasteiger partial charge in [0.25, 0.3) is 5.56 Å². The highest BCUT2D eigenvalue weighted by Crippen LogP contribution is 2.12. The number of aromatic nitrogens is 2. The third kappa shape index (κ3) is 1.89. The highest BCUT2D eigenvalue weighted by molar-refractivity contribution is 5.82. The molecule has 0 saturated carbocycles. The molecule has 1 aliphatic heterocycles. The van der Waals surface area contributed by atoms with Gasteiger partial charge >= 0.3 is 0 Å². The van der Waals surface area contributed by atoms with Crippen LogP contribution in [0.4, 0.5) is 5.82 Å². The van der Waals surface area contributed by atoms with E-state index in [4.69, 9.17) is 4.74 Å². The maximum absolute atomic E-state index is 11.3. The Balaban J connectivity index is 2.37. The Kier molecular flexibility index (Phi) is 2.77. The van der Waals surface area contributed by atoms with Crippen molar-refractivity contribution in [3.8, 4) is 0 Å². The molecule has 0 aromatic carbocycles. The number of hydrogen-bond donors (Lipinski definition) is 1. The monoisotopic (exact) mass is 209 g/mol. The average Bonchev–Trinajstić information content (AvgIpc) is 2.30. The first-order valence-electron chi connectivity index (χ1n) is 4.68. The summed E-state index contributed by atoms with van der Waals surface area (Å²) in [5.41, 5.74) is -0.319. The first kappa shape index (κ1) is 9.85. The summed E-state index contributed by atoms with van der Waals surface area (Å²) < 4.78 is 5.18. The molecule has 1 N–H and O–H groups in total. The summed E-state index contributed by atoms with van der Waals surface area (Å²) in [6, 6.07) is 0. The van der Waals surface area contributed by atoms with E-state index in [1.807, 2.05) is 4.90 Å². The van der Waals surface area contributed by atoms with Crippen LogP contribution in [0.25, 0.3) is 0 Å². The number of nitrogens with one attached hydrogen (secondary N) is 1. The summed E-state index contributed by atoms with van der Waals surface area (Å²) in [4.78, 5) is 30.4. The second-order valence-corrected chi connectivity index (χ2v) is 3.19.